The van der Waals surface area contributed by atoms with Gasteiger partial charge < -0.3 is 9.80 Å². The number of rotatable bonds is 3. The Hall–Kier alpha value is -2.77. The summed E-state index contributed by atoms with van der Waals surface area (Å²) in [5, 5.41) is 1.13. The number of anilines is 2. The van der Waals surface area contributed by atoms with Gasteiger partial charge in [-0.1, -0.05) is 24.3 Å². The van der Waals surface area contributed by atoms with Gasteiger partial charge in [0.2, 0.25) is 5.28 Å². The molecule has 1 fully saturated rings. The Morgan fingerprint density at radius 2 is 1.58 bits per heavy atom. The van der Waals surface area contributed by atoms with Gasteiger partial charge >= 0.3 is 0 Å². The molecule has 1 aliphatic rings. The Morgan fingerprint density at radius 1 is 0.903 bits per heavy atom. The van der Waals surface area contributed by atoms with Crippen LogP contribution in [-0.2, 0) is 0 Å². The van der Waals surface area contributed by atoms with E-state index in [0.717, 1.165) is 32.0 Å². The summed E-state index contributed by atoms with van der Waals surface area (Å²) in [6, 6.07) is 13.3. The average Bonchev–Trinajstić information content (AvgIpc) is 3.10. The number of aryl methyl sites for hydroxylation is 1. The fraction of sp³-hybridized carbons (Fsp3) is 0.217. The number of para-hydroxylation sites is 1. The van der Waals surface area contributed by atoms with Crippen LogP contribution in [0.2, 0.25) is 5.28 Å². The van der Waals surface area contributed by atoms with Gasteiger partial charge in [0.25, 0.3) is 0 Å². The Kier molecular flexibility index (Phi) is 5.24. The van der Waals surface area contributed by atoms with Crippen LogP contribution in [0.1, 0.15) is 4.88 Å². The van der Waals surface area contributed by atoms with Crippen LogP contribution in [0.15, 0.2) is 48.5 Å². The number of halogens is 3. The number of nitrogens with zero attached hydrogens (tertiary/aromatic N) is 4. The summed E-state index contributed by atoms with van der Waals surface area (Å²) in [6.45, 7) is 4.71. The summed E-state index contributed by atoms with van der Waals surface area (Å²) in [6.07, 6.45) is 0. The summed E-state index contributed by atoms with van der Waals surface area (Å²) >= 11 is 7.82. The summed E-state index contributed by atoms with van der Waals surface area (Å²) < 4.78 is 27.7. The van der Waals surface area contributed by atoms with Crippen molar-refractivity contribution >= 4 is 44.7 Å². The molecule has 0 bridgehead atoms. The third-order valence-corrected chi connectivity index (χ3v) is 6.75. The maximum Gasteiger partial charge on any atom is 0.225 e. The first-order valence-electron chi connectivity index (χ1n) is 9.98. The van der Waals surface area contributed by atoms with E-state index in [0.29, 0.717) is 31.9 Å². The van der Waals surface area contributed by atoms with E-state index in [1.54, 1.807) is 35.6 Å². The molecule has 158 valence electrons. The second kappa shape index (κ2) is 8.05. The number of thiophene rings is 1. The van der Waals surface area contributed by atoms with Crippen LogP contribution in [0.25, 0.3) is 21.3 Å². The molecule has 2 aromatic carbocycles. The Labute approximate surface area is 187 Å². The molecular formula is C23H19ClF2N4S. The minimum atomic E-state index is -0.273. The lowest BCUT2D eigenvalue weighted by molar-refractivity contribution is 0.596. The van der Waals surface area contributed by atoms with E-state index in [9.17, 15) is 8.78 Å². The summed E-state index contributed by atoms with van der Waals surface area (Å²) in [5.41, 5.74) is 2.54. The first-order chi connectivity index (χ1) is 15.0. The molecule has 8 heteroatoms. The van der Waals surface area contributed by atoms with Crippen LogP contribution in [-0.4, -0.2) is 36.1 Å². The lowest BCUT2D eigenvalue weighted by Crippen LogP contribution is -2.47. The second-order valence-electron chi connectivity index (χ2n) is 7.46. The summed E-state index contributed by atoms with van der Waals surface area (Å²) in [5.74, 6) is 0.284. The number of fused-ring (bicyclic) bond motifs is 1. The Morgan fingerprint density at radius 3 is 2.29 bits per heavy atom. The van der Waals surface area contributed by atoms with E-state index >= 15 is 0 Å². The molecule has 0 saturated carbocycles. The number of hydrogen-bond donors (Lipinski definition) is 0. The monoisotopic (exact) mass is 456 g/mol. The highest BCUT2D eigenvalue weighted by molar-refractivity contribution is 7.19. The van der Waals surface area contributed by atoms with Crippen molar-refractivity contribution in [3.8, 4) is 11.1 Å². The van der Waals surface area contributed by atoms with Gasteiger partial charge in [-0.3, -0.25) is 0 Å². The normalized spacial score (nSPS) is 14.5. The highest BCUT2D eigenvalue weighted by Crippen LogP contribution is 2.42. The van der Waals surface area contributed by atoms with Crippen molar-refractivity contribution in [1.29, 1.82) is 0 Å². The molecule has 0 aliphatic carbocycles. The number of piperazine rings is 1. The van der Waals surface area contributed by atoms with E-state index in [-0.39, 0.29) is 16.9 Å². The molecule has 0 unspecified atom stereocenters. The molecule has 3 heterocycles. The maximum atomic E-state index is 14.2. The molecule has 1 aliphatic heterocycles. The van der Waals surface area contributed by atoms with Crippen molar-refractivity contribution < 1.29 is 8.78 Å². The molecule has 4 aromatic rings. The predicted octanol–water partition coefficient (Wildman–Crippen LogP) is 5.92. The zero-order chi connectivity index (χ0) is 21.5. The van der Waals surface area contributed by atoms with Crippen LogP contribution in [0.4, 0.5) is 20.3 Å². The smallest absolute Gasteiger partial charge is 0.225 e. The van der Waals surface area contributed by atoms with Gasteiger partial charge in [0.15, 0.2) is 0 Å². The summed E-state index contributed by atoms with van der Waals surface area (Å²) in [7, 11) is 0. The van der Waals surface area contributed by atoms with Gasteiger partial charge in [0, 0.05) is 36.6 Å². The minimum absolute atomic E-state index is 0.200. The molecule has 0 atom stereocenters. The first kappa shape index (κ1) is 20.2. The lowest BCUT2D eigenvalue weighted by Gasteiger charge is -2.37. The zero-order valence-corrected chi connectivity index (χ0v) is 18.4. The molecule has 0 N–H and O–H groups in total. The average molecular weight is 457 g/mol. The number of benzene rings is 2. The molecule has 0 amide bonds. The Bertz CT molecular complexity index is 1250. The second-order valence-corrected chi connectivity index (χ2v) is 9.00. The zero-order valence-electron chi connectivity index (χ0n) is 16.8. The minimum Gasteiger partial charge on any atom is -0.366 e. The van der Waals surface area contributed by atoms with Crippen LogP contribution >= 0.6 is 22.9 Å². The maximum absolute atomic E-state index is 14.2. The van der Waals surface area contributed by atoms with Crippen molar-refractivity contribution in [1.82, 2.24) is 9.97 Å². The van der Waals surface area contributed by atoms with Gasteiger partial charge in [-0.15, -0.1) is 11.3 Å². The quantitative estimate of drug-likeness (QED) is 0.358. The molecule has 0 spiro atoms. The molecule has 31 heavy (non-hydrogen) atoms. The van der Waals surface area contributed by atoms with E-state index in [1.807, 2.05) is 17.9 Å². The molecule has 1 saturated heterocycles. The molecule has 4 nitrogen and oxygen atoms in total. The van der Waals surface area contributed by atoms with Crippen LogP contribution in [0, 0.1) is 18.6 Å². The topological polar surface area (TPSA) is 32.3 Å². The van der Waals surface area contributed by atoms with Crippen LogP contribution in [0.3, 0.4) is 0 Å². The lowest BCUT2D eigenvalue weighted by atomic mass is 10.0. The summed E-state index contributed by atoms with van der Waals surface area (Å²) in [4.78, 5) is 15.1. The molecule has 5 rings (SSSR count). The van der Waals surface area contributed by atoms with Crippen molar-refractivity contribution in [3.63, 3.8) is 0 Å². The van der Waals surface area contributed by atoms with Crippen molar-refractivity contribution in [2.45, 2.75) is 6.92 Å². The largest absolute Gasteiger partial charge is 0.366 e. The predicted molar refractivity (Wildman–Crippen MR) is 123 cm³/mol. The molecule has 0 radical (unpaired) electrons. The van der Waals surface area contributed by atoms with Crippen molar-refractivity contribution in [3.05, 3.63) is 70.3 Å². The van der Waals surface area contributed by atoms with Gasteiger partial charge in [0.05, 0.1) is 11.1 Å². The van der Waals surface area contributed by atoms with Crippen LogP contribution < -0.4 is 9.80 Å². The highest BCUT2D eigenvalue weighted by Gasteiger charge is 2.25. The van der Waals surface area contributed by atoms with Crippen molar-refractivity contribution in [2.24, 2.45) is 0 Å². The first-order valence-corrected chi connectivity index (χ1v) is 11.2. The SMILES string of the molecule is Cc1sc2nc(Cl)nc(N3CCN(c4ccccc4F)CC3)c2c1-c1ccc(F)cc1. The third-order valence-electron chi connectivity index (χ3n) is 5.59. The van der Waals surface area contributed by atoms with Gasteiger partial charge in [-0.05, 0) is 48.4 Å². The third kappa shape index (κ3) is 3.72. The fourth-order valence-corrected chi connectivity index (χ4v) is 5.38. The highest BCUT2D eigenvalue weighted by atomic mass is 35.5. The van der Waals surface area contributed by atoms with E-state index in [4.69, 9.17) is 11.6 Å². The number of aromatic nitrogens is 2. The van der Waals surface area contributed by atoms with Gasteiger partial charge in [0.1, 0.15) is 22.3 Å². The number of hydrogen-bond acceptors (Lipinski definition) is 5. The van der Waals surface area contributed by atoms with Gasteiger partial charge in [-0.2, -0.15) is 4.98 Å². The van der Waals surface area contributed by atoms with Crippen molar-refractivity contribution in [2.75, 3.05) is 36.0 Å². The van der Waals surface area contributed by atoms with E-state index < -0.39 is 0 Å². The van der Waals surface area contributed by atoms with Crippen LogP contribution in [0.5, 0.6) is 0 Å². The van der Waals surface area contributed by atoms with Gasteiger partial charge in [-0.25, -0.2) is 13.8 Å². The molecule has 2 aromatic heterocycles. The Balaban J connectivity index is 1.53. The standard InChI is InChI=1S/C23H19ClF2N4S/c1-14-19(15-6-8-16(25)9-7-15)20-21(27-23(24)28-22(20)31-14)30-12-10-29(11-13-30)18-5-3-2-4-17(18)26/h2-9H,10-13H2,1H3. The van der Waals surface area contributed by atoms with E-state index in [1.165, 1.54) is 18.2 Å². The molecular weight excluding hydrogens is 438 g/mol. The fourth-order valence-electron chi connectivity index (χ4n) is 4.13. The van der Waals surface area contributed by atoms with E-state index in [2.05, 4.69) is 14.9 Å².